The Morgan fingerprint density at radius 3 is 2.47 bits per heavy atom. The van der Waals surface area contributed by atoms with Crippen molar-refractivity contribution < 1.29 is 19.8 Å². The van der Waals surface area contributed by atoms with Crippen LogP contribution in [0.3, 0.4) is 0 Å². The van der Waals surface area contributed by atoms with Gasteiger partial charge < -0.3 is 15.5 Å². The lowest BCUT2D eigenvalue weighted by Crippen LogP contribution is -2.49. The number of carbonyl (C=O) groups is 2. The minimum atomic E-state index is -1.32. The van der Waals surface area contributed by atoms with Crippen molar-refractivity contribution in [2.75, 3.05) is 0 Å². The van der Waals surface area contributed by atoms with Gasteiger partial charge in [0.05, 0.1) is 6.10 Å². The number of carboxylic acid groups (broad SMARTS) is 1. The van der Waals surface area contributed by atoms with Crippen LogP contribution < -0.4 is 5.32 Å². The van der Waals surface area contributed by atoms with E-state index in [1.54, 1.807) is 19.2 Å². The molecular weight excluding hydrogens is 226 g/mol. The van der Waals surface area contributed by atoms with Crippen LogP contribution in [0.15, 0.2) is 18.5 Å². The van der Waals surface area contributed by atoms with Crippen molar-refractivity contribution in [3.05, 3.63) is 18.5 Å². The monoisotopic (exact) mass is 241 g/mol. The average Bonchev–Trinajstić information content (AvgIpc) is 2.76. The van der Waals surface area contributed by atoms with Gasteiger partial charge in [-0.15, -0.1) is 0 Å². The quantitative estimate of drug-likeness (QED) is 0.638. The van der Waals surface area contributed by atoms with Crippen molar-refractivity contribution in [1.29, 1.82) is 0 Å². The average molecular weight is 241 g/mol. The molecule has 1 heterocycles. The lowest BCUT2D eigenvalue weighted by Gasteiger charge is -2.19. The Kier molecular flexibility index (Phi) is 4.22. The number of carbonyl (C=O) groups excluding carboxylic acids is 1. The van der Waals surface area contributed by atoms with Crippen LogP contribution in [0.1, 0.15) is 19.9 Å². The molecule has 7 heteroatoms. The van der Waals surface area contributed by atoms with E-state index in [0.29, 0.717) is 0 Å². The van der Waals surface area contributed by atoms with Crippen molar-refractivity contribution in [2.45, 2.75) is 32.0 Å². The van der Waals surface area contributed by atoms with E-state index < -0.39 is 30.1 Å². The zero-order valence-corrected chi connectivity index (χ0v) is 9.57. The molecule has 0 aliphatic heterocycles. The molecule has 0 fully saturated rings. The number of nitrogens with one attached hydrogen (secondary N) is 1. The summed E-state index contributed by atoms with van der Waals surface area (Å²) in [5, 5.41) is 24.2. The number of hydrogen-bond acceptors (Lipinski definition) is 4. The molecular formula is C10H15N3O4. The molecule has 94 valence electrons. The second kappa shape index (κ2) is 5.44. The number of amides is 1. The third-order valence-electron chi connectivity index (χ3n) is 2.35. The van der Waals surface area contributed by atoms with Gasteiger partial charge in [-0.3, -0.25) is 9.48 Å². The number of rotatable bonds is 5. The molecule has 1 rings (SSSR count). The standard InChI is InChI=1S/C10H15N3O4/c1-6(13-5-3-4-11-13)9(15)12-8(7(2)14)10(16)17/h3-8,14H,1-2H3,(H,12,15)(H,16,17). The first kappa shape index (κ1) is 13.2. The molecule has 0 aliphatic rings. The third-order valence-corrected chi connectivity index (χ3v) is 2.35. The maximum atomic E-state index is 11.7. The number of aliphatic hydroxyl groups excluding tert-OH is 1. The Morgan fingerprint density at radius 1 is 1.41 bits per heavy atom. The molecule has 3 N–H and O–H groups in total. The molecule has 0 aliphatic carbocycles. The highest BCUT2D eigenvalue weighted by Gasteiger charge is 2.27. The fourth-order valence-corrected chi connectivity index (χ4v) is 1.29. The molecule has 0 spiro atoms. The molecule has 3 atom stereocenters. The molecule has 0 bridgehead atoms. The maximum absolute atomic E-state index is 11.7. The summed E-state index contributed by atoms with van der Waals surface area (Å²) < 4.78 is 1.40. The predicted octanol–water partition coefficient (Wildman–Crippen LogP) is -0.606. The van der Waals surface area contributed by atoms with Crippen molar-refractivity contribution in [3.8, 4) is 0 Å². The Labute approximate surface area is 98.1 Å². The number of aliphatic carboxylic acids is 1. The predicted molar refractivity (Wildman–Crippen MR) is 58.2 cm³/mol. The van der Waals surface area contributed by atoms with Gasteiger partial charge in [0.25, 0.3) is 0 Å². The van der Waals surface area contributed by atoms with Crippen molar-refractivity contribution in [3.63, 3.8) is 0 Å². The number of carboxylic acids is 1. The summed E-state index contributed by atoms with van der Waals surface area (Å²) in [7, 11) is 0. The number of aromatic nitrogens is 2. The van der Waals surface area contributed by atoms with Crippen LogP contribution >= 0.6 is 0 Å². The molecule has 1 amide bonds. The summed E-state index contributed by atoms with van der Waals surface area (Å²) >= 11 is 0. The summed E-state index contributed by atoms with van der Waals surface area (Å²) in [6, 6.07) is -0.293. The van der Waals surface area contributed by atoms with Gasteiger partial charge in [0.1, 0.15) is 6.04 Å². The van der Waals surface area contributed by atoms with Gasteiger partial charge in [0, 0.05) is 12.4 Å². The zero-order valence-electron chi connectivity index (χ0n) is 9.57. The maximum Gasteiger partial charge on any atom is 0.328 e. The Bertz CT molecular complexity index is 388. The minimum Gasteiger partial charge on any atom is -0.480 e. The fourth-order valence-electron chi connectivity index (χ4n) is 1.29. The van der Waals surface area contributed by atoms with Crippen LogP contribution in [0.5, 0.6) is 0 Å². The van der Waals surface area contributed by atoms with Crippen LogP contribution in [0.25, 0.3) is 0 Å². The van der Waals surface area contributed by atoms with E-state index in [-0.39, 0.29) is 0 Å². The second-order valence-electron chi connectivity index (χ2n) is 3.73. The lowest BCUT2D eigenvalue weighted by atomic mass is 10.1. The van der Waals surface area contributed by atoms with Gasteiger partial charge in [-0.1, -0.05) is 0 Å². The van der Waals surface area contributed by atoms with Gasteiger partial charge >= 0.3 is 5.97 Å². The van der Waals surface area contributed by atoms with Gasteiger partial charge in [0.2, 0.25) is 5.91 Å². The summed E-state index contributed by atoms with van der Waals surface area (Å²) in [6.07, 6.45) is 1.96. The van der Waals surface area contributed by atoms with Gasteiger partial charge in [0.15, 0.2) is 6.04 Å². The van der Waals surface area contributed by atoms with E-state index >= 15 is 0 Å². The number of aliphatic hydroxyl groups is 1. The van der Waals surface area contributed by atoms with E-state index in [0.717, 1.165) is 0 Å². The number of nitrogens with zero attached hydrogens (tertiary/aromatic N) is 2. The van der Waals surface area contributed by atoms with Gasteiger partial charge in [-0.05, 0) is 19.9 Å². The highest BCUT2D eigenvalue weighted by Crippen LogP contribution is 2.04. The molecule has 7 nitrogen and oxygen atoms in total. The van der Waals surface area contributed by atoms with E-state index in [4.69, 9.17) is 5.11 Å². The molecule has 1 aromatic rings. The summed E-state index contributed by atoms with van der Waals surface area (Å²) in [5.74, 6) is -1.79. The van der Waals surface area contributed by atoms with Crippen LogP contribution in [0.4, 0.5) is 0 Å². The molecule has 3 unspecified atom stereocenters. The minimum absolute atomic E-state index is 0.512. The lowest BCUT2D eigenvalue weighted by molar-refractivity contribution is -0.145. The van der Waals surface area contributed by atoms with E-state index in [2.05, 4.69) is 10.4 Å². The molecule has 1 aromatic heterocycles. The summed E-state index contributed by atoms with van der Waals surface area (Å²) in [5.41, 5.74) is 0. The highest BCUT2D eigenvalue weighted by atomic mass is 16.4. The van der Waals surface area contributed by atoms with Gasteiger partial charge in [-0.2, -0.15) is 5.10 Å². The Balaban J connectivity index is 2.68. The molecule has 17 heavy (non-hydrogen) atoms. The van der Waals surface area contributed by atoms with Crippen LogP contribution in [0.2, 0.25) is 0 Å². The number of hydrogen-bond donors (Lipinski definition) is 3. The molecule has 0 radical (unpaired) electrons. The first-order valence-corrected chi connectivity index (χ1v) is 5.14. The second-order valence-corrected chi connectivity index (χ2v) is 3.73. The summed E-state index contributed by atoms with van der Waals surface area (Å²) in [4.78, 5) is 22.5. The van der Waals surface area contributed by atoms with E-state index in [1.807, 2.05) is 0 Å². The van der Waals surface area contributed by atoms with Gasteiger partial charge in [-0.25, -0.2) is 4.79 Å². The fraction of sp³-hybridized carbons (Fsp3) is 0.500. The molecule has 0 saturated carbocycles. The molecule has 0 saturated heterocycles. The van der Waals surface area contributed by atoms with Crippen molar-refractivity contribution in [1.82, 2.24) is 15.1 Å². The van der Waals surface area contributed by atoms with E-state index in [9.17, 15) is 14.7 Å². The summed E-state index contributed by atoms with van der Waals surface area (Å²) in [6.45, 7) is 2.89. The molecule has 0 aromatic carbocycles. The Hall–Kier alpha value is -1.89. The van der Waals surface area contributed by atoms with Crippen molar-refractivity contribution >= 4 is 11.9 Å². The first-order valence-electron chi connectivity index (χ1n) is 5.14. The van der Waals surface area contributed by atoms with E-state index in [1.165, 1.54) is 17.8 Å². The van der Waals surface area contributed by atoms with Crippen LogP contribution in [-0.2, 0) is 9.59 Å². The SMILES string of the molecule is CC(O)C(NC(=O)C(C)n1cccn1)C(=O)O. The van der Waals surface area contributed by atoms with Crippen molar-refractivity contribution in [2.24, 2.45) is 0 Å². The first-order chi connectivity index (χ1) is 7.93. The van der Waals surface area contributed by atoms with Crippen LogP contribution in [0, 0.1) is 0 Å². The highest BCUT2D eigenvalue weighted by molar-refractivity contribution is 5.86. The van der Waals surface area contributed by atoms with Crippen LogP contribution in [-0.4, -0.2) is 44.0 Å². The Morgan fingerprint density at radius 2 is 2.06 bits per heavy atom. The zero-order chi connectivity index (χ0) is 13.0. The largest absolute Gasteiger partial charge is 0.480 e. The third kappa shape index (κ3) is 3.28. The smallest absolute Gasteiger partial charge is 0.328 e. The topological polar surface area (TPSA) is 104 Å². The normalized spacial score (nSPS) is 15.9.